The minimum Gasteiger partial charge on any atom is -0.313 e. The monoisotopic (exact) mass is 274 g/mol. The van der Waals surface area contributed by atoms with E-state index < -0.39 is 10.0 Å². The van der Waals surface area contributed by atoms with Crippen LogP contribution in [0.15, 0.2) is 18.2 Å². The largest absolute Gasteiger partial charge is 0.313 e. The Kier molecular flexibility index (Phi) is 5.71. The van der Waals surface area contributed by atoms with E-state index in [2.05, 4.69) is 10.0 Å². The number of rotatable bonds is 7. The predicted octanol–water partition coefficient (Wildman–Crippen LogP) is 1.16. The molecule has 0 saturated carbocycles. The Balaban J connectivity index is 2.20. The summed E-state index contributed by atoms with van der Waals surface area (Å²) in [6.45, 7) is 3.39. The van der Waals surface area contributed by atoms with E-state index in [4.69, 9.17) is 0 Å². The zero-order chi connectivity index (χ0) is 13.6. The third-order valence-corrected chi connectivity index (χ3v) is 3.19. The fraction of sp³-hybridized carbons (Fsp3) is 0.500. The highest BCUT2D eigenvalue weighted by molar-refractivity contribution is 7.88. The molecule has 102 valence electrons. The van der Waals surface area contributed by atoms with Gasteiger partial charge in [-0.05, 0) is 37.1 Å². The molecule has 0 saturated heterocycles. The van der Waals surface area contributed by atoms with E-state index >= 15 is 0 Å². The average molecular weight is 274 g/mol. The molecule has 0 bridgehead atoms. The molecule has 0 aliphatic heterocycles. The fourth-order valence-electron chi connectivity index (χ4n) is 1.45. The number of benzene rings is 1. The van der Waals surface area contributed by atoms with Gasteiger partial charge in [0.2, 0.25) is 10.0 Å². The van der Waals surface area contributed by atoms with Crippen LogP contribution in [0, 0.1) is 12.7 Å². The van der Waals surface area contributed by atoms with Crippen molar-refractivity contribution >= 4 is 10.0 Å². The van der Waals surface area contributed by atoms with Crippen molar-refractivity contribution in [3.63, 3.8) is 0 Å². The number of hydrogen-bond acceptors (Lipinski definition) is 3. The van der Waals surface area contributed by atoms with Crippen LogP contribution < -0.4 is 10.0 Å². The quantitative estimate of drug-likeness (QED) is 0.734. The molecule has 0 aliphatic rings. The molecule has 0 radical (unpaired) electrons. The average Bonchev–Trinajstić information content (AvgIpc) is 2.26. The lowest BCUT2D eigenvalue weighted by atomic mass is 10.1. The number of aryl methyl sites for hydroxylation is 1. The molecule has 0 spiro atoms. The summed E-state index contributed by atoms with van der Waals surface area (Å²) >= 11 is 0. The lowest BCUT2D eigenvalue weighted by Crippen LogP contribution is -2.26. The number of hydrogen-bond donors (Lipinski definition) is 2. The van der Waals surface area contributed by atoms with Gasteiger partial charge in [-0.3, -0.25) is 0 Å². The van der Waals surface area contributed by atoms with Gasteiger partial charge in [0.15, 0.2) is 0 Å². The molecule has 0 atom stereocenters. The maximum absolute atomic E-state index is 13.2. The molecule has 0 heterocycles. The molecule has 1 rings (SSSR count). The van der Waals surface area contributed by atoms with Crippen LogP contribution >= 0.6 is 0 Å². The highest BCUT2D eigenvalue weighted by atomic mass is 32.2. The molecule has 0 aliphatic carbocycles. The molecular formula is C12H19FN2O2S. The van der Waals surface area contributed by atoms with Crippen LogP contribution in [0.25, 0.3) is 0 Å². The SMILES string of the molecule is Cc1ccc(CNCCCNS(C)(=O)=O)cc1F. The van der Waals surface area contributed by atoms with Crippen LogP contribution in [0.1, 0.15) is 17.5 Å². The minimum absolute atomic E-state index is 0.201. The van der Waals surface area contributed by atoms with Crippen molar-refractivity contribution in [2.24, 2.45) is 0 Å². The standard InChI is InChI=1S/C12H19FN2O2S/c1-10-4-5-11(8-12(10)13)9-14-6-3-7-15-18(2,16)17/h4-5,8,14-15H,3,6-7,9H2,1-2H3. The Morgan fingerprint density at radius 2 is 2.00 bits per heavy atom. The van der Waals surface area contributed by atoms with E-state index in [-0.39, 0.29) is 5.82 Å². The number of nitrogens with one attached hydrogen (secondary N) is 2. The van der Waals surface area contributed by atoms with Gasteiger partial charge in [0.25, 0.3) is 0 Å². The first kappa shape index (κ1) is 15.1. The smallest absolute Gasteiger partial charge is 0.208 e. The lowest BCUT2D eigenvalue weighted by Gasteiger charge is -2.06. The first-order chi connectivity index (χ1) is 8.38. The second-order valence-electron chi connectivity index (χ2n) is 4.28. The molecule has 1 aromatic carbocycles. The van der Waals surface area contributed by atoms with Crippen molar-refractivity contribution in [3.8, 4) is 0 Å². The third-order valence-electron chi connectivity index (χ3n) is 2.46. The first-order valence-electron chi connectivity index (χ1n) is 5.79. The van der Waals surface area contributed by atoms with Gasteiger partial charge in [-0.15, -0.1) is 0 Å². The molecule has 0 fully saturated rings. The van der Waals surface area contributed by atoms with Gasteiger partial charge in [-0.25, -0.2) is 17.5 Å². The molecule has 4 nitrogen and oxygen atoms in total. The van der Waals surface area contributed by atoms with Crippen molar-refractivity contribution in [1.82, 2.24) is 10.0 Å². The van der Waals surface area contributed by atoms with Gasteiger partial charge < -0.3 is 5.32 Å². The van der Waals surface area contributed by atoms with Gasteiger partial charge in [-0.2, -0.15) is 0 Å². The maximum Gasteiger partial charge on any atom is 0.208 e. The van der Waals surface area contributed by atoms with Crippen molar-refractivity contribution < 1.29 is 12.8 Å². The number of sulfonamides is 1. The summed E-state index contributed by atoms with van der Waals surface area (Å²) in [5.41, 5.74) is 1.52. The van der Waals surface area contributed by atoms with Gasteiger partial charge in [0.1, 0.15) is 5.82 Å². The van der Waals surface area contributed by atoms with Crippen molar-refractivity contribution in [1.29, 1.82) is 0 Å². The summed E-state index contributed by atoms with van der Waals surface area (Å²) < 4.78 is 37.2. The van der Waals surface area contributed by atoms with Gasteiger partial charge in [0, 0.05) is 13.1 Å². The maximum atomic E-state index is 13.2. The van der Waals surface area contributed by atoms with E-state index in [0.717, 1.165) is 11.8 Å². The van der Waals surface area contributed by atoms with Crippen LogP contribution in [0.4, 0.5) is 4.39 Å². The summed E-state index contributed by atoms with van der Waals surface area (Å²) in [6, 6.07) is 5.13. The normalized spacial score (nSPS) is 11.7. The lowest BCUT2D eigenvalue weighted by molar-refractivity contribution is 0.578. The van der Waals surface area contributed by atoms with E-state index in [1.807, 2.05) is 6.07 Å². The van der Waals surface area contributed by atoms with E-state index in [0.29, 0.717) is 31.6 Å². The van der Waals surface area contributed by atoms with Crippen molar-refractivity contribution in [3.05, 3.63) is 35.1 Å². The zero-order valence-corrected chi connectivity index (χ0v) is 11.5. The van der Waals surface area contributed by atoms with Crippen molar-refractivity contribution in [2.45, 2.75) is 19.9 Å². The third kappa shape index (κ3) is 6.09. The summed E-state index contributed by atoms with van der Waals surface area (Å²) in [5, 5.41) is 3.13. The first-order valence-corrected chi connectivity index (χ1v) is 7.68. The topological polar surface area (TPSA) is 58.2 Å². The molecule has 6 heteroatoms. The minimum atomic E-state index is -3.10. The highest BCUT2D eigenvalue weighted by Crippen LogP contribution is 2.08. The van der Waals surface area contributed by atoms with E-state index in [9.17, 15) is 12.8 Å². The van der Waals surface area contributed by atoms with Crippen LogP contribution in [0.5, 0.6) is 0 Å². The summed E-state index contributed by atoms with van der Waals surface area (Å²) in [5.74, 6) is -0.201. The Labute approximate surface area is 108 Å². The van der Waals surface area contributed by atoms with Gasteiger partial charge in [-0.1, -0.05) is 12.1 Å². The summed E-state index contributed by atoms with van der Waals surface area (Å²) in [4.78, 5) is 0. The molecule has 1 aromatic rings. The van der Waals surface area contributed by atoms with E-state index in [1.165, 1.54) is 6.07 Å². The van der Waals surface area contributed by atoms with Gasteiger partial charge in [0.05, 0.1) is 6.26 Å². The van der Waals surface area contributed by atoms with Crippen LogP contribution in [-0.2, 0) is 16.6 Å². The van der Waals surface area contributed by atoms with Crippen LogP contribution in [-0.4, -0.2) is 27.8 Å². The Morgan fingerprint density at radius 3 is 2.61 bits per heavy atom. The second kappa shape index (κ2) is 6.82. The molecule has 0 aromatic heterocycles. The zero-order valence-electron chi connectivity index (χ0n) is 10.7. The summed E-state index contributed by atoms with van der Waals surface area (Å²) in [6.07, 6.45) is 1.83. The second-order valence-corrected chi connectivity index (χ2v) is 6.11. The Bertz CT molecular complexity index is 489. The fourth-order valence-corrected chi connectivity index (χ4v) is 1.97. The van der Waals surface area contributed by atoms with Crippen LogP contribution in [0.3, 0.4) is 0 Å². The van der Waals surface area contributed by atoms with Gasteiger partial charge >= 0.3 is 0 Å². The van der Waals surface area contributed by atoms with Crippen molar-refractivity contribution in [2.75, 3.05) is 19.3 Å². The van der Waals surface area contributed by atoms with Crippen LogP contribution in [0.2, 0.25) is 0 Å². The predicted molar refractivity (Wildman–Crippen MR) is 70.3 cm³/mol. The molecule has 0 unspecified atom stereocenters. The molecule has 18 heavy (non-hydrogen) atoms. The Hall–Kier alpha value is -0.980. The molecule has 0 amide bonds. The molecule has 2 N–H and O–H groups in total. The number of halogens is 1. The van der Waals surface area contributed by atoms with E-state index in [1.54, 1.807) is 13.0 Å². The summed E-state index contributed by atoms with van der Waals surface area (Å²) in [7, 11) is -3.10. The molecular weight excluding hydrogens is 255 g/mol. The highest BCUT2D eigenvalue weighted by Gasteiger charge is 2.00. The Morgan fingerprint density at radius 1 is 1.28 bits per heavy atom.